The molecule has 0 unspecified atom stereocenters. The fourth-order valence-corrected chi connectivity index (χ4v) is 2.12. The fourth-order valence-electron chi connectivity index (χ4n) is 1.91. The van der Waals surface area contributed by atoms with Crippen LogP contribution in [0.2, 0.25) is 0 Å². The van der Waals surface area contributed by atoms with Gasteiger partial charge in [-0.1, -0.05) is 24.3 Å². The summed E-state index contributed by atoms with van der Waals surface area (Å²) in [5, 5.41) is 8.70. The summed E-state index contributed by atoms with van der Waals surface area (Å²) < 4.78 is 19.5. The highest BCUT2D eigenvalue weighted by Crippen LogP contribution is 2.26. The monoisotopic (exact) mass is 289 g/mol. The normalized spacial score (nSPS) is 10.1. The summed E-state index contributed by atoms with van der Waals surface area (Å²) in [6.45, 7) is 2.02. The zero-order valence-corrected chi connectivity index (χ0v) is 11.7. The van der Waals surface area contributed by atoms with Gasteiger partial charge >= 0.3 is 0 Å². The Kier molecular flexibility index (Phi) is 4.60. The number of nitriles is 1. The molecule has 0 saturated heterocycles. The smallest absolute Gasteiger partial charge is 0.131 e. The second-order valence-electron chi connectivity index (χ2n) is 4.40. The van der Waals surface area contributed by atoms with E-state index in [4.69, 9.17) is 21.6 Å². The molecular formula is C16H13ClFNO. The Labute approximate surface area is 122 Å². The molecule has 0 bridgehead atoms. The van der Waals surface area contributed by atoms with Crippen molar-refractivity contribution in [3.8, 4) is 11.8 Å². The molecule has 0 fully saturated rings. The van der Waals surface area contributed by atoms with Crippen molar-refractivity contribution in [3.05, 3.63) is 64.5 Å². The fraction of sp³-hybridized carbons (Fsp3) is 0.188. The Hall–Kier alpha value is -2.05. The molecular weight excluding hydrogens is 277 g/mol. The minimum Gasteiger partial charge on any atom is -0.488 e. The summed E-state index contributed by atoms with van der Waals surface area (Å²) in [6.07, 6.45) is 0. The van der Waals surface area contributed by atoms with Crippen molar-refractivity contribution in [2.45, 2.75) is 19.4 Å². The number of ether oxygens (including phenoxy) is 1. The Balaban J connectivity index is 2.19. The van der Waals surface area contributed by atoms with Crippen molar-refractivity contribution in [1.82, 2.24) is 0 Å². The van der Waals surface area contributed by atoms with E-state index in [0.717, 1.165) is 11.1 Å². The van der Waals surface area contributed by atoms with Crippen LogP contribution in [0.25, 0.3) is 0 Å². The highest BCUT2D eigenvalue weighted by atomic mass is 35.5. The molecule has 2 nitrogen and oxygen atoms in total. The van der Waals surface area contributed by atoms with E-state index in [9.17, 15) is 4.39 Å². The number of nitrogens with zero attached hydrogens (tertiary/aromatic N) is 1. The molecule has 0 spiro atoms. The summed E-state index contributed by atoms with van der Waals surface area (Å²) in [5.74, 6) is 0.587. The average Bonchev–Trinajstić information content (AvgIpc) is 2.46. The molecule has 0 aromatic heterocycles. The highest BCUT2D eigenvalue weighted by Gasteiger charge is 2.09. The van der Waals surface area contributed by atoms with E-state index in [1.807, 2.05) is 31.2 Å². The minimum atomic E-state index is -0.440. The van der Waals surface area contributed by atoms with Gasteiger partial charge in [-0.25, -0.2) is 4.39 Å². The van der Waals surface area contributed by atoms with Crippen molar-refractivity contribution >= 4 is 11.6 Å². The zero-order chi connectivity index (χ0) is 14.5. The van der Waals surface area contributed by atoms with Crippen LogP contribution in [0.15, 0.2) is 36.4 Å². The summed E-state index contributed by atoms with van der Waals surface area (Å²) >= 11 is 5.87. The van der Waals surface area contributed by atoms with E-state index in [0.29, 0.717) is 22.8 Å². The van der Waals surface area contributed by atoms with Crippen LogP contribution in [0.5, 0.6) is 5.75 Å². The molecule has 0 aliphatic heterocycles. The Morgan fingerprint density at radius 1 is 1.25 bits per heavy atom. The third-order valence-corrected chi connectivity index (χ3v) is 3.28. The first kappa shape index (κ1) is 14.4. The summed E-state index contributed by atoms with van der Waals surface area (Å²) in [6, 6.07) is 11.9. The molecule has 0 N–H and O–H groups in total. The van der Waals surface area contributed by atoms with Crippen LogP contribution in [0, 0.1) is 24.1 Å². The van der Waals surface area contributed by atoms with Gasteiger partial charge in [0.05, 0.1) is 17.5 Å². The second kappa shape index (κ2) is 6.40. The van der Waals surface area contributed by atoms with Crippen LogP contribution >= 0.6 is 11.6 Å². The zero-order valence-electron chi connectivity index (χ0n) is 11.0. The van der Waals surface area contributed by atoms with E-state index in [-0.39, 0.29) is 6.61 Å². The van der Waals surface area contributed by atoms with Gasteiger partial charge in [-0.2, -0.15) is 5.26 Å². The Bertz CT molecular complexity index is 664. The molecule has 0 aliphatic rings. The molecule has 0 radical (unpaired) electrons. The molecule has 2 rings (SSSR count). The summed E-state index contributed by atoms with van der Waals surface area (Å²) in [4.78, 5) is 0. The first-order valence-electron chi connectivity index (χ1n) is 6.11. The average molecular weight is 290 g/mol. The highest BCUT2D eigenvalue weighted by molar-refractivity contribution is 6.17. The molecule has 0 amide bonds. The predicted octanol–water partition coefficient (Wildman–Crippen LogP) is 4.32. The van der Waals surface area contributed by atoms with Crippen molar-refractivity contribution in [3.63, 3.8) is 0 Å². The van der Waals surface area contributed by atoms with E-state index < -0.39 is 5.82 Å². The third-order valence-electron chi connectivity index (χ3n) is 2.99. The molecule has 20 heavy (non-hydrogen) atoms. The van der Waals surface area contributed by atoms with E-state index in [1.165, 1.54) is 6.07 Å². The molecule has 4 heteroatoms. The van der Waals surface area contributed by atoms with Crippen LogP contribution in [-0.2, 0) is 12.5 Å². The van der Waals surface area contributed by atoms with Gasteiger partial charge in [0.1, 0.15) is 18.2 Å². The number of alkyl halides is 1. The summed E-state index contributed by atoms with van der Waals surface area (Å²) in [5.41, 5.74) is 2.54. The maximum Gasteiger partial charge on any atom is 0.131 e. The first-order chi connectivity index (χ1) is 9.65. The lowest BCUT2D eigenvalue weighted by atomic mass is 10.1. The number of benzene rings is 2. The Morgan fingerprint density at radius 3 is 2.70 bits per heavy atom. The molecule has 2 aromatic carbocycles. The van der Waals surface area contributed by atoms with Gasteiger partial charge in [0.15, 0.2) is 0 Å². The lowest BCUT2D eigenvalue weighted by Crippen LogP contribution is -2.02. The van der Waals surface area contributed by atoms with Crippen LogP contribution in [-0.4, -0.2) is 0 Å². The van der Waals surface area contributed by atoms with Crippen molar-refractivity contribution in [2.24, 2.45) is 0 Å². The molecule has 0 aliphatic carbocycles. The quantitative estimate of drug-likeness (QED) is 0.785. The number of rotatable bonds is 4. The largest absolute Gasteiger partial charge is 0.488 e. The molecule has 0 heterocycles. The van der Waals surface area contributed by atoms with Gasteiger partial charge in [-0.05, 0) is 24.6 Å². The van der Waals surface area contributed by atoms with Crippen LogP contribution in [0.1, 0.15) is 22.3 Å². The van der Waals surface area contributed by atoms with Gasteiger partial charge < -0.3 is 4.74 Å². The number of aryl methyl sites for hydroxylation is 1. The van der Waals surface area contributed by atoms with Crippen molar-refractivity contribution in [2.75, 3.05) is 0 Å². The van der Waals surface area contributed by atoms with Crippen molar-refractivity contribution in [1.29, 1.82) is 5.26 Å². The standard InChI is InChI=1S/C16H13ClFNO/c1-11-3-2-4-13(8-17)16(11)20-10-14-6-5-12(9-19)7-15(14)18/h2-7H,8,10H2,1H3. The SMILES string of the molecule is Cc1cccc(CCl)c1OCc1ccc(C#N)cc1F. The topological polar surface area (TPSA) is 33.0 Å². The maximum atomic E-state index is 13.8. The third kappa shape index (κ3) is 3.09. The second-order valence-corrected chi connectivity index (χ2v) is 4.67. The lowest BCUT2D eigenvalue weighted by molar-refractivity contribution is 0.295. The van der Waals surface area contributed by atoms with Crippen LogP contribution in [0.4, 0.5) is 4.39 Å². The van der Waals surface area contributed by atoms with Gasteiger partial charge in [-0.15, -0.1) is 11.6 Å². The maximum absolute atomic E-state index is 13.8. The molecule has 0 atom stereocenters. The molecule has 0 saturated carbocycles. The first-order valence-corrected chi connectivity index (χ1v) is 6.65. The van der Waals surface area contributed by atoms with Gasteiger partial charge in [0, 0.05) is 11.1 Å². The van der Waals surface area contributed by atoms with E-state index >= 15 is 0 Å². The lowest BCUT2D eigenvalue weighted by Gasteiger charge is -2.13. The van der Waals surface area contributed by atoms with Gasteiger partial charge in [0.25, 0.3) is 0 Å². The van der Waals surface area contributed by atoms with E-state index in [1.54, 1.807) is 12.1 Å². The molecule has 102 valence electrons. The van der Waals surface area contributed by atoms with E-state index in [2.05, 4.69) is 0 Å². The minimum absolute atomic E-state index is 0.103. The molecule has 2 aromatic rings. The Morgan fingerprint density at radius 2 is 2.05 bits per heavy atom. The van der Waals surface area contributed by atoms with Crippen LogP contribution in [0.3, 0.4) is 0 Å². The predicted molar refractivity (Wildman–Crippen MR) is 76.2 cm³/mol. The number of hydrogen-bond acceptors (Lipinski definition) is 2. The van der Waals surface area contributed by atoms with Gasteiger partial charge in [-0.3, -0.25) is 0 Å². The van der Waals surface area contributed by atoms with Crippen LogP contribution < -0.4 is 4.74 Å². The summed E-state index contributed by atoms with van der Waals surface area (Å²) in [7, 11) is 0. The van der Waals surface area contributed by atoms with Gasteiger partial charge in [0.2, 0.25) is 0 Å². The van der Waals surface area contributed by atoms with Crippen molar-refractivity contribution < 1.29 is 9.13 Å². The number of halogens is 2. The number of para-hydroxylation sites is 1. The number of hydrogen-bond donors (Lipinski definition) is 0.